The molecule has 19 heavy (non-hydrogen) atoms. The number of aromatic nitrogens is 2. The van der Waals surface area contributed by atoms with Crippen LogP contribution in [-0.2, 0) is 0 Å². The molecule has 6 nitrogen and oxygen atoms in total. The number of carbonyl (C=O) groups excluding carboxylic acids is 1. The van der Waals surface area contributed by atoms with Crippen LogP contribution in [0.25, 0.3) is 0 Å². The van der Waals surface area contributed by atoms with Crippen molar-refractivity contribution in [2.45, 2.75) is 25.7 Å². The number of anilines is 1. The lowest BCUT2D eigenvalue weighted by molar-refractivity contribution is 0.200. The third-order valence-corrected chi connectivity index (χ3v) is 3.16. The summed E-state index contributed by atoms with van der Waals surface area (Å²) >= 11 is 0. The highest BCUT2D eigenvalue weighted by Gasteiger charge is 2.14. The highest BCUT2D eigenvalue weighted by atomic mass is 16.2. The van der Waals surface area contributed by atoms with Gasteiger partial charge in [0.2, 0.25) is 0 Å². The van der Waals surface area contributed by atoms with Crippen molar-refractivity contribution in [3.05, 3.63) is 18.6 Å². The lowest BCUT2D eigenvalue weighted by Gasteiger charge is -2.20. The molecule has 0 aromatic carbocycles. The average molecular weight is 263 g/mol. The SMILES string of the molecule is O=C(NCCNc1cnccn1)N1CCCCCC1. The molecule has 104 valence electrons. The molecule has 0 aliphatic carbocycles. The normalized spacial score (nSPS) is 15.7. The van der Waals surface area contributed by atoms with E-state index in [-0.39, 0.29) is 6.03 Å². The summed E-state index contributed by atoms with van der Waals surface area (Å²) in [5, 5.41) is 6.04. The first-order valence-corrected chi connectivity index (χ1v) is 6.89. The number of hydrogen-bond acceptors (Lipinski definition) is 4. The van der Waals surface area contributed by atoms with Crippen molar-refractivity contribution in [3.63, 3.8) is 0 Å². The van der Waals surface area contributed by atoms with Gasteiger partial charge < -0.3 is 15.5 Å². The maximum absolute atomic E-state index is 11.9. The molecule has 2 heterocycles. The van der Waals surface area contributed by atoms with Crippen LogP contribution in [0.3, 0.4) is 0 Å². The van der Waals surface area contributed by atoms with Gasteiger partial charge in [0.05, 0.1) is 6.20 Å². The highest BCUT2D eigenvalue weighted by molar-refractivity contribution is 5.74. The minimum atomic E-state index is 0.0443. The van der Waals surface area contributed by atoms with Gasteiger partial charge in [-0.15, -0.1) is 0 Å². The van der Waals surface area contributed by atoms with Crippen molar-refractivity contribution >= 4 is 11.8 Å². The fourth-order valence-corrected chi connectivity index (χ4v) is 2.14. The lowest BCUT2D eigenvalue weighted by atomic mass is 10.2. The van der Waals surface area contributed by atoms with Crippen molar-refractivity contribution in [3.8, 4) is 0 Å². The Morgan fingerprint density at radius 1 is 1.16 bits per heavy atom. The fourth-order valence-electron chi connectivity index (χ4n) is 2.14. The summed E-state index contributed by atoms with van der Waals surface area (Å²) < 4.78 is 0. The van der Waals surface area contributed by atoms with Crippen LogP contribution >= 0.6 is 0 Å². The van der Waals surface area contributed by atoms with Crippen LogP contribution in [0.2, 0.25) is 0 Å². The Balaban J connectivity index is 1.63. The molecule has 0 radical (unpaired) electrons. The number of urea groups is 1. The van der Waals surface area contributed by atoms with Gasteiger partial charge >= 0.3 is 6.03 Å². The third-order valence-electron chi connectivity index (χ3n) is 3.16. The maximum Gasteiger partial charge on any atom is 0.317 e. The standard InChI is InChI=1S/C13H21N5O/c19-13(18-9-3-1-2-4-10-18)17-8-7-16-12-11-14-5-6-15-12/h5-6,11H,1-4,7-10H2,(H,15,16)(H,17,19). The molecule has 1 fully saturated rings. The molecule has 0 spiro atoms. The number of carbonyl (C=O) groups is 1. The predicted octanol–water partition coefficient (Wildman–Crippen LogP) is 1.47. The van der Waals surface area contributed by atoms with E-state index in [1.807, 2.05) is 4.90 Å². The number of rotatable bonds is 4. The van der Waals surface area contributed by atoms with Gasteiger partial charge in [0.1, 0.15) is 5.82 Å². The van der Waals surface area contributed by atoms with Crippen LogP contribution in [0.4, 0.5) is 10.6 Å². The smallest absolute Gasteiger partial charge is 0.317 e. The second-order valence-electron chi connectivity index (χ2n) is 4.65. The van der Waals surface area contributed by atoms with E-state index in [2.05, 4.69) is 20.6 Å². The zero-order chi connectivity index (χ0) is 13.3. The first-order valence-electron chi connectivity index (χ1n) is 6.89. The zero-order valence-electron chi connectivity index (χ0n) is 11.1. The first-order chi connectivity index (χ1) is 9.36. The number of nitrogens with one attached hydrogen (secondary N) is 2. The number of nitrogens with zero attached hydrogens (tertiary/aromatic N) is 3. The molecule has 6 heteroatoms. The summed E-state index contributed by atoms with van der Waals surface area (Å²) in [5.41, 5.74) is 0. The second-order valence-corrected chi connectivity index (χ2v) is 4.65. The second kappa shape index (κ2) is 7.56. The van der Waals surface area contributed by atoms with E-state index in [1.165, 1.54) is 12.8 Å². The summed E-state index contributed by atoms with van der Waals surface area (Å²) in [6.45, 7) is 3.00. The Hall–Kier alpha value is -1.85. The molecule has 1 aromatic rings. The van der Waals surface area contributed by atoms with Crippen LogP contribution in [0.1, 0.15) is 25.7 Å². The Morgan fingerprint density at radius 3 is 2.63 bits per heavy atom. The molecule has 0 saturated carbocycles. The summed E-state index contributed by atoms with van der Waals surface area (Å²) in [6.07, 6.45) is 9.63. The molecule has 1 aliphatic rings. The van der Waals surface area contributed by atoms with E-state index in [9.17, 15) is 4.79 Å². The Labute approximate surface area is 113 Å². The van der Waals surface area contributed by atoms with Gasteiger partial charge in [-0.1, -0.05) is 12.8 Å². The van der Waals surface area contributed by atoms with Gasteiger partial charge in [-0.05, 0) is 12.8 Å². The molecule has 2 amide bonds. The molecule has 1 aromatic heterocycles. The van der Waals surface area contributed by atoms with E-state index in [4.69, 9.17) is 0 Å². The molecule has 2 N–H and O–H groups in total. The zero-order valence-corrected chi connectivity index (χ0v) is 11.1. The van der Waals surface area contributed by atoms with Crippen LogP contribution < -0.4 is 10.6 Å². The van der Waals surface area contributed by atoms with Crippen LogP contribution in [0.5, 0.6) is 0 Å². The van der Waals surface area contributed by atoms with Crippen LogP contribution in [-0.4, -0.2) is 47.1 Å². The summed E-state index contributed by atoms with van der Waals surface area (Å²) in [5.74, 6) is 0.728. The largest absolute Gasteiger partial charge is 0.367 e. The molecule has 2 rings (SSSR count). The van der Waals surface area contributed by atoms with Gasteiger partial charge in [0, 0.05) is 38.6 Å². The topological polar surface area (TPSA) is 70.1 Å². The fraction of sp³-hybridized carbons (Fsp3) is 0.615. The van der Waals surface area contributed by atoms with Crippen molar-refractivity contribution < 1.29 is 4.79 Å². The molecule has 0 bridgehead atoms. The summed E-state index contributed by atoms with van der Waals surface area (Å²) in [4.78, 5) is 21.9. The molecular formula is C13H21N5O. The quantitative estimate of drug-likeness (QED) is 0.807. The predicted molar refractivity (Wildman–Crippen MR) is 74.0 cm³/mol. The van der Waals surface area contributed by atoms with E-state index in [0.717, 1.165) is 31.7 Å². The molecule has 0 atom stereocenters. The average Bonchev–Trinajstić information content (AvgIpc) is 2.73. The van der Waals surface area contributed by atoms with Gasteiger partial charge in [0.25, 0.3) is 0 Å². The minimum absolute atomic E-state index is 0.0443. The lowest BCUT2D eigenvalue weighted by Crippen LogP contribution is -2.42. The Kier molecular flexibility index (Phi) is 5.40. The van der Waals surface area contributed by atoms with Crippen molar-refractivity contribution in [1.82, 2.24) is 20.2 Å². The monoisotopic (exact) mass is 263 g/mol. The molecule has 1 aliphatic heterocycles. The van der Waals surface area contributed by atoms with Gasteiger partial charge in [-0.25, -0.2) is 9.78 Å². The van der Waals surface area contributed by atoms with E-state index >= 15 is 0 Å². The van der Waals surface area contributed by atoms with Gasteiger partial charge in [0.15, 0.2) is 0 Å². The van der Waals surface area contributed by atoms with E-state index in [0.29, 0.717) is 13.1 Å². The highest BCUT2D eigenvalue weighted by Crippen LogP contribution is 2.09. The first kappa shape index (κ1) is 13.6. The number of likely N-dealkylation sites (tertiary alicyclic amines) is 1. The number of hydrogen-bond donors (Lipinski definition) is 2. The van der Waals surface area contributed by atoms with Gasteiger partial charge in [-0.2, -0.15) is 0 Å². The van der Waals surface area contributed by atoms with Crippen molar-refractivity contribution in [2.75, 3.05) is 31.5 Å². The van der Waals surface area contributed by atoms with E-state index < -0.39 is 0 Å². The molecule has 0 unspecified atom stereocenters. The minimum Gasteiger partial charge on any atom is -0.367 e. The Bertz CT molecular complexity index is 376. The summed E-state index contributed by atoms with van der Waals surface area (Å²) in [6, 6.07) is 0.0443. The van der Waals surface area contributed by atoms with E-state index in [1.54, 1.807) is 18.6 Å². The molecular weight excluding hydrogens is 242 g/mol. The third kappa shape index (κ3) is 4.73. The molecule has 1 saturated heterocycles. The van der Waals surface area contributed by atoms with Crippen LogP contribution in [0, 0.1) is 0 Å². The van der Waals surface area contributed by atoms with Gasteiger partial charge in [-0.3, -0.25) is 4.98 Å². The Morgan fingerprint density at radius 2 is 1.95 bits per heavy atom. The van der Waals surface area contributed by atoms with Crippen molar-refractivity contribution in [2.24, 2.45) is 0 Å². The van der Waals surface area contributed by atoms with Crippen molar-refractivity contribution in [1.29, 1.82) is 0 Å². The van der Waals surface area contributed by atoms with Crippen LogP contribution in [0.15, 0.2) is 18.6 Å². The number of amides is 2. The maximum atomic E-state index is 11.9. The summed E-state index contributed by atoms with van der Waals surface area (Å²) in [7, 11) is 0.